The number of nitrogens with zero attached hydrogens (tertiary/aromatic N) is 4. The molecule has 0 saturated heterocycles. The van der Waals surface area contributed by atoms with Crippen LogP contribution in [0.3, 0.4) is 0 Å². The number of rotatable bonds is 9. The Bertz CT molecular complexity index is 908. The van der Waals surface area contributed by atoms with Crippen LogP contribution in [0.25, 0.3) is 10.2 Å². The third-order valence-corrected chi connectivity index (χ3v) is 6.48. The van der Waals surface area contributed by atoms with E-state index < -0.39 is 10.0 Å². The van der Waals surface area contributed by atoms with Gasteiger partial charge in [-0.3, -0.25) is 9.69 Å². The molecule has 0 unspecified atom stereocenters. The zero-order valence-electron chi connectivity index (χ0n) is 17.3. The van der Waals surface area contributed by atoms with Gasteiger partial charge in [0.05, 0.1) is 27.0 Å². The highest BCUT2D eigenvalue weighted by Gasteiger charge is 2.25. The molecule has 12 heteroatoms. The standard InChI is InChI=1S/C17H26N4O5S2.ClH/c1-19(2)9-10-21(14(22)11-20(3)28(6,23)24)17-18-15-12(25-4)7-8-13(26-5)16(15)27-17;/h7-8H,9-11H2,1-6H3;1H. The highest BCUT2D eigenvalue weighted by Crippen LogP contribution is 2.40. The van der Waals surface area contributed by atoms with Crippen molar-refractivity contribution in [3.05, 3.63) is 12.1 Å². The number of carbonyl (C=O) groups is 1. The molecule has 1 heterocycles. The monoisotopic (exact) mass is 466 g/mol. The van der Waals surface area contributed by atoms with E-state index in [-0.39, 0.29) is 24.9 Å². The number of amides is 1. The average molecular weight is 467 g/mol. The molecular weight excluding hydrogens is 440 g/mol. The molecule has 0 aliphatic rings. The molecule has 2 aromatic rings. The van der Waals surface area contributed by atoms with E-state index in [1.54, 1.807) is 26.4 Å². The number of likely N-dealkylation sites (N-methyl/N-ethyl adjacent to an activating group) is 2. The topological polar surface area (TPSA) is 92.3 Å². The zero-order valence-corrected chi connectivity index (χ0v) is 19.8. The van der Waals surface area contributed by atoms with Gasteiger partial charge in [-0.15, -0.1) is 12.4 Å². The van der Waals surface area contributed by atoms with Crippen molar-refractivity contribution in [3.63, 3.8) is 0 Å². The SMILES string of the molecule is COc1ccc(OC)c2sc(N(CCN(C)C)C(=O)CN(C)S(C)(=O)=O)nc12.Cl. The summed E-state index contributed by atoms with van der Waals surface area (Å²) in [6, 6.07) is 3.54. The van der Waals surface area contributed by atoms with Crippen LogP contribution in [-0.4, -0.2) is 89.8 Å². The summed E-state index contributed by atoms with van der Waals surface area (Å²) in [4.78, 5) is 20.9. The molecule has 0 fully saturated rings. The first kappa shape index (κ1) is 25.4. The quantitative estimate of drug-likeness (QED) is 0.553. The van der Waals surface area contributed by atoms with Gasteiger partial charge in [0.25, 0.3) is 0 Å². The maximum atomic E-state index is 12.9. The molecule has 0 spiro atoms. The Labute approximate surface area is 181 Å². The smallest absolute Gasteiger partial charge is 0.244 e. The highest BCUT2D eigenvalue weighted by atomic mass is 35.5. The van der Waals surface area contributed by atoms with Crippen LogP contribution in [0.15, 0.2) is 12.1 Å². The molecule has 0 bridgehead atoms. The lowest BCUT2D eigenvalue weighted by atomic mass is 10.3. The Balaban J connectivity index is 0.00000420. The Morgan fingerprint density at radius 1 is 1.10 bits per heavy atom. The number of methoxy groups -OCH3 is 2. The van der Waals surface area contributed by atoms with Crippen molar-refractivity contribution in [2.24, 2.45) is 0 Å². The van der Waals surface area contributed by atoms with Gasteiger partial charge in [-0.05, 0) is 26.2 Å². The van der Waals surface area contributed by atoms with Crippen molar-refractivity contribution in [2.45, 2.75) is 0 Å². The number of benzene rings is 1. The van der Waals surface area contributed by atoms with Crippen LogP contribution >= 0.6 is 23.7 Å². The van der Waals surface area contributed by atoms with E-state index in [4.69, 9.17) is 9.47 Å². The van der Waals surface area contributed by atoms with Crippen LogP contribution in [0, 0.1) is 0 Å². The van der Waals surface area contributed by atoms with Crippen LogP contribution in [0.1, 0.15) is 0 Å². The molecule has 1 aromatic carbocycles. The number of hydrogen-bond donors (Lipinski definition) is 0. The minimum atomic E-state index is -3.47. The van der Waals surface area contributed by atoms with E-state index in [1.807, 2.05) is 19.0 Å². The van der Waals surface area contributed by atoms with Crippen LogP contribution in [0.2, 0.25) is 0 Å². The molecule has 164 valence electrons. The van der Waals surface area contributed by atoms with Crippen molar-refractivity contribution < 1.29 is 22.7 Å². The average Bonchev–Trinajstić information content (AvgIpc) is 3.04. The number of hydrogen-bond acceptors (Lipinski definition) is 8. The minimum absolute atomic E-state index is 0. The summed E-state index contributed by atoms with van der Waals surface area (Å²) in [5, 5.41) is 0.464. The molecule has 2 rings (SSSR count). The van der Waals surface area contributed by atoms with Crippen LogP contribution in [0.4, 0.5) is 5.13 Å². The summed E-state index contributed by atoms with van der Waals surface area (Å²) in [5.74, 6) is 0.853. The Morgan fingerprint density at radius 3 is 2.21 bits per heavy atom. The molecule has 9 nitrogen and oxygen atoms in total. The second-order valence-corrected chi connectivity index (χ2v) is 9.58. The fourth-order valence-corrected chi connectivity index (χ4v) is 3.87. The van der Waals surface area contributed by atoms with E-state index in [9.17, 15) is 13.2 Å². The number of anilines is 1. The van der Waals surface area contributed by atoms with Gasteiger partial charge in [0.2, 0.25) is 15.9 Å². The van der Waals surface area contributed by atoms with E-state index in [1.165, 1.54) is 23.3 Å². The molecule has 0 atom stereocenters. The molecule has 29 heavy (non-hydrogen) atoms. The largest absolute Gasteiger partial charge is 0.495 e. The van der Waals surface area contributed by atoms with Gasteiger partial charge in [-0.1, -0.05) is 11.3 Å². The molecule has 1 aromatic heterocycles. The molecular formula is C17H27ClN4O5S2. The summed E-state index contributed by atoms with van der Waals surface area (Å²) < 4.78 is 36.0. The molecule has 0 aliphatic carbocycles. The first-order valence-corrected chi connectivity index (χ1v) is 11.1. The van der Waals surface area contributed by atoms with Gasteiger partial charge < -0.3 is 14.4 Å². The fourth-order valence-electron chi connectivity index (χ4n) is 2.41. The molecule has 0 radical (unpaired) electrons. The van der Waals surface area contributed by atoms with Crippen molar-refractivity contribution in [2.75, 3.05) is 66.2 Å². The lowest BCUT2D eigenvalue weighted by Crippen LogP contribution is -2.43. The molecule has 0 aliphatic heterocycles. The van der Waals surface area contributed by atoms with Gasteiger partial charge in [0, 0.05) is 20.1 Å². The van der Waals surface area contributed by atoms with Crippen LogP contribution < -0.4 is 14.4 Å². The number of carbonyl (C=O) groups excluding carboxylic acids is 1. The second kappa shape index (κ2) is 10.4. The first-order chi connectivity index (χ1) is 13.1. The van der Waals surface area contributed by atoms with E-state index in [0.29, 0.717) is 35.2 Å². The summed E-state index contributed by atoms with van der Waals surface area (Å²) in [7, 11) is 4.82. The maximum Gasteiger partial charge on any atom is 0.244 e. The molecule has 1 amide bonds. The predicted molar refractivity (Wildman–Crippen MR) is 118 cm³/mol. The Morgan fingerprint density at radius 2 is 1.69 bits per heavy atom. The summed E-state index contributed by atoms with van der Waals surface area (Å²) >= 11 is 1.30. The minimum Gasteiger partial charge on any atom is -0.495 e. The zero-order chi connectivity index (χ0) is 21.1. The Hall–Kier alpha value is -1.66. The van der Waals surface area contributed by atoms with Gasteiger partial charge in [0.15, 0.2) is 5.13 Å². The van der Waals surface area contributed by atoms with Crippen molar-refractivity contribution in [1.82, 2.24) is 14.2 Å². The number of halogens is 1. The Kier molecular flexibility index (Phi) is 9.09. The number of fused-ring (bicyclic) bond motifs is 1. The third-order valence-electron chi connectivity index (χ3n) is 4.13. The predicted octanol–water partition coefficient (Wildman–Crippen LogP) is 1.52. The van der Waals surface area contributed by atoms with Crippen LogP contribution in [0.5, 0.6) is 11.5 Å². The van der Waals surface area contributed by atoms with Gasteiger partial charge >= 0.3 is 0 Å². The second-order valence-electron chi connectivity index (χ2n) is 6.51. The van der Waals surface area contributed by atoms with Crippen molar-refractivity contribution >= 4 is 55.0 Å². The number of aromatic nitrogens is 1. The number of thiazole rings is 1. The number of sulfonamides is 1. The normalized spacial score (nSPS) is 11.6. The maximum absolute atomic E-state index is 12.9. The number of ether oxygens (including phenoxy) is 2. The summed E-state index contributed by atoms with van der Waals surface area (Å²) in [5.41, 5.74) is 0.598. The molecule has 0 saturated carbocycles. The first-order valence-electron chi connectivity index (χ1n) is 8.46. The van der Waals surface area contributed by atoms with Gasteiger partial charge in [-0.2, -0.15) is 4.31 Å². The fraction of sp³-hybridized carbons (Fsp3) is 0.529. The van der Waals surface area contributed by atoms with Crippen LogP contribution in [-0.2, 0) is 14.8 Å². The van der Waals surface area contributed by atoms with E-state index >= 15 is 0 Å². The lowest BCUT2D eigenvalue weighted by molar-refractivity contribution is -0.118. The lowest BCUT2D eigenvalue weighted by Gasteiger charge is -2.24. The molecule has 0 N–H and O–H groups in total. The van der Waals surface area contributed by atoms with Gasteiger partial charge in [0.1, 0.15) is 21.7 Å². The third kappa shape index (κ3) is 6.16. The van der Waals surface area contributed by atoms with E-state index in [2.05, 4.69) is 4.98 Å². The summed E-state index contributed by atoms with van der Waals surface area (Å²) in [6.07, 6.45) is 1.07. The van der Waals surface area contributed by atoms with Gasteiger partial charge in [-0.25, -0.2) is 13.4 Å². The van der Waals surface area contributed by atoms with E-state index in [0.717, 1.165) is 15.3 Å². The van der Waals surface area contributed by atoms with Crippen molar-refractivity contribution in [1.29, 1.82) is 0 Å². The summed E-state index contributed by atoms with van der Waals surface area (Å²) in [6.45, 7) is 0.697. The highest BCUT2D eigenvalue weighted by molar-refractivity contribution is 7.88. The van der Waals surface area contributed by atoms with Crippen molar-refractivity contribution in [3.8, 4) is 11.5 Å².